The highest BCUT2D eigenvalue weighted by Gasteiger charge is 2.44. The van der Waals surface area contributed by atoms with Gasteiger partial charge in [0.05, 0.1) is 22.2 Å². The van der Waals surface area contributed by atoms with Gasteiger partial charge in [-0.05, 0) is 81.9 Å². The van der Waals surface area contributed by atoms with Crippen molar-refractivity contribution in [2.75, 3.05) is 25.0 Å². The number of hydrogen-bond donors (Lipinski definition) is 1. The quantitative estimate of drug-likeness (QED) is 0.143. The number of halogens is 2. The van der Waals surface area contributed by atoms with Crippen LogP contribution in [0.1, 0.15) is 50.2 Å². The van der Waals surface area contributed by atoms with Gasteiger partial charge in [-0.2, -0.15) is 0 Å². The van der Waals surface area contributed by atoms with Crippen molar-refractivity contribution in [1.29, 1.82) is 0 Å². The number of anilines is 1. The Morgan fingerprint density at radius 2 is 1.74 bits per heavy atom. The van der Waals surface area contributed by atoms with Crippen LogP contribution in [0.3, 0.4) is 0 Å². The monoisotopic (exact) mass is 735 g/mol. The maximum absolute atomic E-state index is 14.4. The zero-order chi connectivity index (χ0) is 34.8. The van der Waals surface area contributed by atoms with Crippen molar-refractivity contribution >= 4 is 39.4 Å². The molecule has 7 rings (SSSR count). The molecule has 0 aliphatic carbocycles. The van der Waals surface area contributed by atoms with Gasteiger partial charge in [0.15, 0.2) is 0 Å². The molecule has 1 saturated heterocycles. The Bertz CT molecular complexity index is 2090. The fraction of sp³-hybridized carbons (Fsp3) is 0.216. The molecule has 0 atom stereocenters. The minimum absolute atomic E-state index is 0.0487. The second-order valence-corrected chi connectivity index (χ2v) is 13.3. The molecule has 1 spiro atoms. The lowest BCUT2D eigenvalue weighted by Gasteiger charge is -2.48. The van der Waals surface area contributed by atoms with E-state index in [0.717, 1.165) is 40.1 Å². The van der Waals surface area contributed by atoms with Gasteiger partial charge in [0.25, 0.3) is 17.5 Å². The molecule has 5 aromatic rings. The van der Waals surface area contributed by atoms with Gasteiger partial charge in [0.1, 0.15) is 10.3 Å². The van der Waals surface area contributed by atoms with E-state index in [-0.39, 0.29) is 15.9 Å². The third-order valence-electron chi connectivity index (χ3n) is 9.45. The fourth-order valence-electron chi connectivity index (χ4n) is 6.88. The molecule has 2 aliphatic heterocycles. The normalized spacial score (nSPS) is 15.0. The van der Waals surface area contributed by atoms with Crippen LogP contribution in [-0.4, -0.2) is 61.1 Å². The molecule has 0 saturated carbocycles. The number of carbonyl (C=O) groups is 2. The Balaban J connectivity index is 1.02. The molecule has 50 heavy (non-hydrogen) atoms. The Morgan fingerprint density at radius 1 is 0.960 bits per heavy atom. The SMILES string of the molecule is O=C(c1ccc(CNc2nccc(-c3cccnc3)n2)cc1)N1CCC2(CC1)CN(C(=O)c1cc(F)cc([N+](=O)[O-])c1Br)Cc1ccccc12. The molecule has 11 nitrogen and oxygen atoms in total. The molecule has 13 heteroatoms. The maximum atomic E-state index is 14.4. The van der Waals surface area contributed by atoms with Crippen molar-refractivity contribution in [3.8, 4) is 11.3 Å². The van der Waals surface area contributed by atoms with Crippen molar-refractivity contribution < 1.29 is 18.9 Å². The number of benzene rings is 3. The molecule has 0 unspecified atom stereocenters. The summed E-state index contributed by atoms with van der Waals surface area (Å²) in [7, 11) is 0. The molecule has 1 fully saturated rings. The molecular formula is C37H31BrFN7O4. The minimum atomic E-state index is -0.855. The summed E-state index contributed by atoms with van der Waals surface area (Å²) in [5, 5.41) is 14.8. The topological polar surface area (TPSA) is 134 Å². The van der Waals surface area contributed by atoms with Gasteiger partial charge in [0.2, 0.25) is 5.95 Å². The maximum Gasteiger partial charge on any atom is 0.287 e. The Hall–Kier alpha value is -5.56. The van der Waals surface area contributed by atoms with E-state index in [2.05, 4.69) is 42.3 Å². The number of rotatable bonds is 7. The van der Waals surface area contributed by atoms with Crippen LogP contribution >= 0.6 is 15.9 Å². The van der Waals surface area contributed by atoms with E-state index < -0.39 is 27.8 Å². The highest BCUT2D eigenvalue weighted by atomic mass is 79.9. The van der Waals surface area contributed by atoms with E-state index in [0.29, 0.717) is 57.1 Å². The first-order chi connectivity index (χ1) is 24.2. The number of pyridine rings is 1. The summed E-state index contributed by atoms with van der Waals surface area (Å²) in [5.41, 5.74) is 4.28. The lowest BCUT2D eigenvalue weighted by molar-refractivity contribution is -0.385. The number of nitrogens with one attached hydrogen (secondary N) is 1. The molecular weight excluding hydrogens is 705 g/mol. The Kier molecular flexibility index (Phi) is 9.06. The van der Waals surface area contributed by atoms with Crippen molar-refractivity contribution in [1.82, 2.24) is 24.8 Å². The van der Waals surface area contributed by atoms with Crippen LogP contribution in [0.2, 0.25) is 0 Å². The first kappa shape index (κ1) is 33.0. The first-order valence-electron chi connectivity index (χ1n) is 16.1. The summed E-state index contributed by atoms with van der Waals surface area (Å²) >= 11 is 3.17. The van der Waals surface area contributed by atoms with Gasteiger partial charge in [-0.25, -0.2) is 14.4 Å². The van der Waals surface area contributed by atoms with Gasteiger partial charge in [-0.1, -0.05) is 36.4 Å². The molecule has 2 amide bonds. The molecule has 2 aliphatic rings. The fourth-order valence-corrected chi connectivity index (χ4v) is 7.42. The van der Waals surface area contributed by atoms with E-state index in [1.54, 1.807) is 23.5 Å². The molecule has 0 radical (unpaired) electrons. The van der Waals surface area contributed by atoms with Crippen molar-refractivity contribution in [3.63, 3.8) is 0 Å². The van der Waals surface area contributed by atoms with Crippen LogP contribution in [0.5, 0.6) is 0 Å². The van der Waals surface area contributed by atoms with Gasteiger partial charge in [-0.15, -0.1) is 0 Å². The molecule has 252 valence electrons. The summed E-state index contributed by atoms with van der Waals surface area (Å²) in [6, 6.07) is 22.8. The van der Waals surface area contributed by atoms with Crippen molar-refractivity contribution in [2.45, 2.75) is 31.3 Å². The average Bonchev–Trinajstić information content (AvgIpc) is 3.15. The highest BCUT2D eigenvalue weighted by Crippen LogP contribution is 2.43. The van der Waals surface area contributed by atoms with Crippen LogP contribution in [0.4, 0.5) is 16.0 Å². The number of likely N-dealkylation sites (tertiary alicyclic amines) is 1. The molecule has 3 aromatic carbocycles. The number of nitro benzene ring substituents is 1. The Morgan fingerprint density at radius 3 is 2.48 bits per heavy atom. The van der Waals surface area contributed by atoms with Gasteiger partial charge < -0.3 is 15.1 Å². The van der Waals surface area contributed by atoms with Crippen LogP contribution in [-0.2, 0) is 18.5 Å². The molecule has 4 heterocycles. The van der Waals surface area contributed by atoms with E-state index in [4.69, 9.17) is 0 Å². The van der Waals surface area contributed by atoms with Crippen LogP contribution in [0.15, 0.2) is 102 Å². The smallest absolute Gasteiger partial charge is 0.287 e. The van der Waals surface area contributed by atoms with E-state index in [9.17, 15) is 24.1 Å². The van der Waals surface area contributed by atoms with Crippen LogP contribution in [0, 0.1) is 15.9 Å². The predicted molar refractivity (Wildman–Crippen MR) is 188 cm³/mol. The number of hydrogen-bond acceptors (Lipinski definition) is 8. The standard InChI is InChI=1S/C37H31BrFN7O4/c38-33-29(18-28(39)19-32(33)46(49)50)35(48)45-22-27-4-1-2-6-30(27)37(23-45)12-16-44(17-13-37)34(47)25-9-7-24(8-10-25)20-42-36-41-15-11-31(43-36)26-5-3-14-40-21-26/h1-11,14-15,18-19,21H,12-13,16-17,20,22-23H2,(H,41,42,43). The number of amides is 2. The Labute approximate surface area is 295 Å². The van der Waals surface area contributed by atoms with Crippen molar-refractivity contribution in [3.05, 3.63) is 146 Å². The van der Waals surface area contributed by atoms with Gasteiger partial charge >= 0.3 is 0 Å². The summed E-state index contributed by atoms with van der Waals surface area (Å²) in [6.07, 6.45) is 6.39. The number of fused-ring (bicyclic) bond motifs is 2. The van der Waals surface area contributed by atoms with Gasteiger partial charge in [-0.3, -0.25) is 24.7 Å². The lowest BCUT2D eigenvalue weighted by Crippen LogP contribution is -2.54. The summed E-state index contributed by atoms with van der Waals surface area (Å²) in [5.74, 6) is -0.927. The highest BCUT2D eigenvalue weighted by molar-refractivity contribution is 9.10. The second kappa shape index (κ2) is 13.7. The lowest BCUT2D eigenvalue weighted by atomic mass is 9.68. The van der Waals surface area contributed by atoms with Crippen LogP contribution < -0.4 is 5.32 Å². The number of carbonyl (C=O) groups excluding carboxylic acids is 2. The molecule has 2 aromatic heterocycles. The third-order valence-corrected chi connectivity index (χ3v) is 10.3. The number of piperidine rings is 1. The number of nitro groups is 1. The minimum Gasteiger partial charge on any atom is -0.350 e. The summed E-state index contributed by atoms with van der Waals surface area (Å²) in [4.78, 5) is 54.7. The second-order valence-electron chi connectivity index (χ2n) is 12.5. The largest absolute Gasteiger partial charge is 0.350 e. The average molecular weight is 737 g/mol. The van der Waals surface area contributed by atoms with Crippen molar-refractivity contribution in [2.24, 2.45) is 0 Å². The number of aromatic nitrogens is 3. The van der Waals surface area contributed by atoms with Crippen LogP contribution in [0.25, 0.3) is 11.3 Å². The van der Waals surface area contributed by atoms with E-state index in [1.165, 1.54) is 0 Å². The third kappa shape index (κ3) is 6.56. The summed E-state index contributed by atoms with van der Waals surface area (Å²) in [6.45, 7) is 2.08. The zero-order valence-corrected chi connectivity index (χ0v) is 28.3. The predicted octanol–water partition coefficient (Wildman–Crippen LogP) is 6.79. The van der Waals surface area contributed by atoms with E-state index in [1.807, 2.05) is 65.6 Å². The number of nitrogens with zero attached hydrogens (tertiary/aromatic N) is 6. The molecule has 0 bridgehead atoms. The summed E-state index contributed by atoms with van der Waals surface area (Å²) < 4.78 is 14.3. The zero-order valence-electron chi connectivity index (χ0n) is 26.8. The molecule has 1 N–H and O–H groups in total. The van der Waals surface area contributed by atoms with E-state index >= 15 is 0 Å². The van der Waals surface area contributed by atoms with Gasteiger partial charge in [0, 0.05) is 67.9 Å². The first-order valence-corrected chi connectivity index (χ1v) is 16.9.